The second-order valence-electron chi connectivity index (χ2n) is 9.67. The highest BCUT2D eigenvalue weighted by Gasteiger charge is 2.14. The van der Waals surface area contributed by atoms with Crippen molar-refractivity contribution in [2.45, 2.75) is 58.8 Å². The predicted molar refractivity (Wildman–Crippen MR) is 158 cm³/mol. The molecule has 3 aromatic rings. The fourth-order valence-electron chi connectivity index (χ4n) is 4.01. The summed E-state index contributed by atoms with van der Waals surface area (Å²) in [6.07, 6.45) is 8.37. The Morgan fingerprint density at radius 2 is 1.39 bits per heavy atom. The quantitative estimate of drug-likeness (QED) is 0.0781. The zero-order valence-electron chi connectivity index (χ0n) is 23.9. The number of hydrogen-bond acceptors (Lipinski definition) is 7. The maximum atomic E-state index is 12.7. The van der Waals surface area contributed by atoms with Crippen LogP contribution in [0.5, 0.6) is 17.2 Å². The Bertz CT molecular complexity index is 1290. The first-order valence-electron chi connectivity index (χ1n) is 14.1. The summed E-state index contributed by atoms with van der Waals surface area (Å²) in [5, 5.41) is 0. The normalized spacial score (nSPS) is 10.5. The second kappa shape index (κ2) is 16.7. The maximum absolute atomic E-state index is 12.7. The maximum Gasteiger partial charge on any atom is 0.343 e. The molecule has 0 aromatic heterocycles. The van der Waals surface area contributed by atoms with Gasteiger partial charge in [0.1, 0.15) is 17.2 Å². The van der Waals surface area contributed by atoms with Crippen molar-refractivity contribution in [3.63, 3.8) is 0 Å². The first kappa shape index (κ1) is 31.1. The van der Waals surface area contributed by atoms with Crippen molar-refractivity contribution in [2.24, 2.45) is 0 Å². The van der Waals surface area contributed by atoms with Crippen molar-refractivity contribution in [3.05, 3.63) is 102 Å². The van der Waals surface area contributed by atoms with Crippen LogP contribution in [0.4, 0.5) is 0 Å². The zero-order valence-corrected chi connectivity index (χ0v) is 23.9. The monoisotopic (exact) mass is 558 g/mol. The van der Waals surface area contributed by atoms with Crippen LogP contribution in [-0.4, -0.2) is 31.1 Å². The lowest BCUT2D eigenvalue weighted by molar-refractivity contribution is -0.137. The predicted octanol–water partition coefficient (Wildman–Crippen LogP) is 7.44. The van der Waals surface area contributed by atoms with Crippen molar-refractivity contribution in [2.75, 3.05) is 13.2 Å². The number of unbranched alkanes of at least 4 members (excludes halogenated alkanes) is 4. The lowest BCUT2D eigenvalue weighted by Crippen LogP contribution is -2.11. The molecule has 0 bridgehead atoms. The molecule has 0 atom stereocenters. The van der Waals surface area contributed by atoms with E-state index in [0.717, 1.165) is 18.9 Å². The summed E-state index contributed by atoms with van der Waals surface area (Å²) in [6, 6.07) is 19.1. The highest BCUT2D eigenvalue weighted by molar-refractivity contribution is 5.93. The third-order valence-corrected chi connectivity index (χ3v) is 6.37. The van der Waals surface area contributed by atoms with Gasteiger partial charge < -0.3 is 18.9 Å². The molecule has 0 aliphatic carbocycles. The summed E-state index contributed by atoms with van der Waals surface area (Å²) in [5.74, 6) is 0.0270. The van der Waals surface area contributed by atoms with Gasteiger partial charge in [-0.25, -0.2) is 14.4 Å². The lowest BCUT2D eigenvalue weighted by Gasteiger charge is -2.11. The van der Waals surface area contributed by atoms with E-state index in [4.69, 9.17) is 18.9 Å². The van der Waals surface area contributed by atoms with Crippen molar-refractivity contribution in [1.29, 1.82) is 0 Å². The van der Waals surface area contributed by atoms with Crippen LogP contribution in [-0.2, 0) is 16.0 Å². The topological polar surface area (TPSA) is 88.1 Å². The standard InChI is InChI=1S/C34H38O7/c1-4-6-7-8-11-26-12-17-30(18-13-26)40-34(37)28-16-21-31(25(3)24-28)41-33(36)27-14-19-29(20-15-27)38-22-9-10-23-39-32(35)5-2/h5,12-21,24H,2,4,6-11,22-23H2,1,3H3. The third-order valence-electron chi connectivity index (χ3n) is 6.37. The minimum Gasteiger partial charge on any atom is -0.494 e. The van der Waals surface area contributed by atoms with E-state index >= 15 is 0 Å². The summed E-state index contributed by atoms with van der Waals surface area (Å²) in [4.78, 5) is 36.4. The zero-order chi connectivity index (χ0) is 29.5. The van der Waals surface area contributed by atoms with Gasteiger partial charge in [-0.05, 0) is 98.3 Å². The molecular weight excluding hydrogens is 520 g/mol. The largest absolute Gasteiger partial charge is 0.494 e. The van der Waals surface area contributed by atoms with Gasteiger partial charge >= 0.3 is 17.9 Å². The van der Waals surface area contributed by atoms with Gasteiger partial charge in [0.15, 0.2) is 0 Å². The van der Waals surface area contributed by atoms with Crippen molar-refractivity contribution in [3.8, 4) is 17.2 Å². The Kier molecular flexibility index (Phi) is 12.6. The first-order chi connectivity index (χ1) is 19.9. The van der Waals surface area contributed by atoms with E-state index in [1.165, 1.54) is 24.8 Å². The van der Waals surface area contributed by atoms with E-state index in [1.807, 2.05) is 24.3 Å². The molecule has 0 amide bonds. The number of rotatable bonds is 16. The highest BCUT2D eigenvalue weighted by atomic mass is 16.5. The number of benzene rings is 3. The molecule has 0 spiro atoms. The Balaban J connectivity index is 1.46. The number of hydrogen-bond donors (Lipinski definition) is 0. The summed E-state index contributed by atoms with van der Waals surface area (Å²) < 4.78 is 21.7. The van der Waals surface area contributed by atoms with E-state index in [9.17, 15) is 14.4 Å². The number of carbonyl (C=O) groups is 3. The lowest BCUT2D eigenvalue weighted by atomic mass is 10.1. The van der Waals surface area contributed by atoms with Crippen LogP contribution < -0.4 is 14.2 Å². The molecule has 0 unspecified atom stereocenters. The fourth-order valence-corrected chi connectivity index (χ4v) is 4.01. The van der Waals surface area contributed by atoms with Crippen LogP contribution in [0.15, 0.2) is 79.4 Å². The molecular formula is C34H38O7. The Morgan fingerprint density at radius 3 is 2.07 bits per heavy atom. The van der Waals surface area contributed by atoms with E-state index in [1.54, 1.807) is 49.4 Å². The van der Waals surface area contributed by atoms with Crippen LogP contribution in [0, 0.1) is 6.92 Å². The van der Waals surface area contributed by atoms with Gasteiger partial charge in [-0.1, -0.05) is 44.9 Å². The van der Waals surface area contributed by atoms with E-state index in [-0.39, 0.29) is 0 Å². The van der Waals surface area contributed by atoms with Gasteiger partial charge in [-0.15, -0.1) is 0 Å². The van der Waals surface area contributed by atoms with Crippen LogP contribution >= 0.6 is 0 Å². The van der Waals surface area contributed by atoms with Gasteiger partial charge in [0.05, 0.1) is 24.3 Å². The average Bonchev–Trinajstić information content (AvgIpc) is 2.99. The first-order valence-corrected chi connectivity index (χ1v) is 14.1. The average molecular weight is 559 g/mol. The molecule has 3 aromatic carbocycles. The summed E-state index contributed by atoms with van der Waals surface area (Å²) in [6.45, 7) is 8.08. The molecule has 0 fully saturated rings. The molecule has 0 N–H and O–H groups in total. The van der Waals surface area contributed by atoms with Crippen LogP contribution in [0.2, 0.25) is 0 Å². The number of ether oxygens (including phenoxy) is 4. The molecule has 0 aliphatic rings. The molecule has 0 radical (unpaired) electrons. The van der Waals surface area contributed by atoms with Gasteiger partial charge in [0.25, 0.3) is 0 Å². The Morgan fingerprint density at radius 1 is 0.732 bits per heavy atom. The Labute approximate surface area is 242 Å². The number of aryl methyl sites for hydroxylation is 2. The van der Waals surface area contributed by atoms with Crippen molar-refractivity contribution < 1.29 is 33.3 Å². The molecule has 0 saturated carbocycles. The number of esters is 3. The molecule has 0 saturated heterocycles. The van der Waals surface area contributed by atoms with E-state index in [2.05, 4.69) is 13.5 Å². The van der Waals surface area contributed by atoms with Gasteiger partial charge in [0, 0.05) is 6.08 Å². The molecule has 3 rings (SSSR count). The highest BCUT2D eigenvalue weighted by Crippen LogP contribution is 2.23. The molecule has 7 nitrogen and oxygen atoms in total. The molecule has 0 heterocycles. The molecule has 216 valence electrons. The summed E-state index contributed by atoms with van der Waals surface area (Å²) >= 11 is 0. The molecule has 7 heteroatoms. The van der Waals surface area contributed by atoms with E-state index < -0.39 is 17.9 Å². The van der Waals surface area contributed by atoms with Crippen LogP contribution in [0.3, 0.4) is 0 Å². The summed E-state index contributed by atoms with van der Waals surface area (Å²) in [5.41, 5.74) is 2.59. The van der Waals surface area contributed by atoms with Crippen molar-refractivity contribution >= 4 is 17.9 Å². The van der Waals surface area contributed by atoms with Gasteiger partial charge in [0.2, 0.25) is 0 Å². The second-order valence-corrected chi connectivity index (χ2v) is 9.67. The fraction of sp³-hybridized carbons (Fsp3) is 0.324. The third kappa shape index (κ3) is 10.6. The van der Waals surface area contributed by atoms with E-state index in [0.29, 0.717) is 60.0 Å². The Hall–Kier alpha value is -4.39. The minimum atomic E-state index is -0.520. The minimum absolute atomic E-state index is 0.313. The van der Waals surface area contributed by atoms with Crippen LogP contribution in [0.25, 0.3) is 0 Å². The van der Waals surface area contributed by atoms with Crippen LogP contribution in [0.1, 0.15) is 77.3 Å². The molecule has 0 aliphatic heterocycles. The van der Waals surface area contributed by atoms with Gasteiger partial charge in [-0.3, -0.25) is 0 Å². The smallest absolute Gasteiger partial charge is 0.343 e. The summed E-state index contributed by atoms with van der Waals surface area (Å²) in [7, 11) is 0. The number of carbonyl (C=O) groups excluding carboxylic acids is 3. The van der Waals surface area contributed by atoms with Gasteiger partial charge in [-0.2, -0.15) is 0 Å². The molecule has 41 heavy (non-hydrogen) atoms. The van der Waals surface area contributed by atoms with Crippen molar-refractivity contribution in [1.82, 2.24) is 0 Å². The SMILES string of the molecule is C=CC(=O)OCCCCOc1ccc(C(=O)Oc2ccc(C(=O)Oc3ccc(CCCCCC)cc3)cc2C)cc1.